The van der Waals surface area contributed by atoms with Gasteiger partial charge in [-0.3, -0.25) is 0 Å². The summed E-state index contributed by atoms with van der Waals surface area (Å²) < 4.78 is 0. The third-order valence-electron chi connectivity index (χ3n) is 0.996. The summed E-state index contributed by atoms with van der Waals surface area (Å²) >= 11 is 0. The highest BCUT2D eigenvalue weighted by atomic mass is 16.1. The van der Waals surface area contributed by atoms with Gasteiger partial charge in [0.2, 0.25) is 0 Å². The van der Waals surface area contributed by atoms with Gasteiger partial charge < -0.3 is 16.3 Å². The van der Waals surface area contributed by atoms with E-state index < -0.39 is 0 Å². The van der Waals surface area contributed by atoms with Gasteiger partial charge in [-0.15, -0.1) is 0 Å². The Kier molecular flexibility index (Phi) is 3.72. The van der Waals surface area contributed by atoms with E-state index in [0.717, 1.165) is 0 Å². The topological polar surface area (TPSA) is 69.1 Å². The SMILES string of the molecule is C=O.Nc1ccccc1N. The summed E-state index contributed by atoms with van der Waals surface area (Å²) in [6.45, 7) is 2.00. The van der Waals surface area contributed by atoms with Gasteiger partial charge in [-0.25, -0.2) is 0 Å². The lowest BCUT2D eigenvalue weighted by Crippen LogP contribution is -1.91. The summed E-state index contributed by atoms with van der Waals surface area (Å²) in [6.07, 6.45) is 0. The molecule has 0 aliphatic carbocycles. The first kappa shape index (κ1) is 8.49. The molecule has 1 aromatic rings. The second-order valence-electron chi connectivity index (χ2n) is 1.63. The lowest BCUT2D eigenvalue weighted by Gasteiger charge is -1.94. The largest absolute Gasteiger partial charge is 0.397 e. The van der Waals surface area contributed by atoms with Gasteiger partial charge in [0.15, 0.2) is 0 Å². The molecule has 0 amide bonds. The summed E-state index contributed by atoms with van der Waals surface area (Å²) in [7, 11) is 0. The number of hydrogen-bond acceptors (Lipinski definition) is 3. The molecule has 4 N–H and O–H groups in total. The number of anilines is 2. The molecule has 0 aliphatic heterocycles. The minimum absolute atomic E-state index is 0.646. The van der Waals surface area contributed by atoms with E-state index in [1.165, 1.54) is 0 Å². The number of benzene rings is 1. The molecule has 0 atom stereocenters. The van der Waals surface area contributed by atoms with Crippen LogP contribution in [0.2, 0.25) is 0 Å². The van der Waals surface area contributed by atoms with E-state index in [1.54, 1.807) is 12.1 Å². The number of para-hydroxylation sites is 2. The Balaban J connectivity index is 0.000000371. The van der Waals surface area contributed by atoms with Crippen LogP contribution in [-0.4, -0.2) is 6.79 Å². The van der Waals surface area contributed by atoms with E-state index in [4.69, 9.17) is 16.3 Å². The first-order valence-electron chi connectivity index (χ1n) is 2.69. The molecule has 1 rings (SSSR count). The molecule has 0 saturated heterocycles. The molecule has 0 aliphatic rings. The third kappa shape index (κ3) is 2.17. The van der Waals surface area contributed by atoms with Crippen LogP contribution < -0.4 is 11.5 Å². The maximum absolute atomic E-state index is 8.00. The van der Waals surface area contributed by atoms with Gasteiger partial charge in [-0.2, -0.15) is 0 Å². The van der Waals surface area contributed by atoms with Gasteiger partial charge >= 0.3 is 0 Å². The van der Waals surface area contributed by atoms with Crippen LogP contribution in [0.25, 0.3) is 0 Å². The zero-order valence-electron chi connectivity index (χ0n) is 5.58. The maximum atomic E-state index is 8.00. The number of nitrogen functional groups attached to an aromatic ring is 2. The Morgan fingerprint density at radius 3 is 1.50 bits per heavy atom. The van der Waals surface area contributed by atoms with Crippen LogP contribution >= 0.6 is 0 Å². The monoisotopic (exact) mass is 138 g/mol. The van der Waals surface area contributed by atoms with E-state index in [0.29, 0.717) is 11.4 Å². The third-order valence-corrected chi connectivity index (χ3v) is 0.996. The van der Waals surface area contributed by atoms with Crippen LogP contribution in [0.4, 0.5) is 11.4 Å². The predicted octanol–water partition coefficient (Wildman–Crippen LogP) is 0.666. The van der Waals surface area contributed by atoms with Gasteiger partial charge in [0.25, 0.3) is 0 Å². The Labute approximate surface area is 59.6 Å². The Morgan fingerprint density at radius 2 is 1.30 bits per heavy atom. The van der Waals surface area contributed by atoms with E-state index in [9.17, 15) is 0 Å². The second-order valence-corrected chi connectivity index (χ2v) is 1.63. The van der Waals surface area contributed by atoms with Gasteiger partial charge in [-0.05, 0) is 12.1 Å². The van der Waals surface area contributed by atoms with Crippen LogP contribution in [0.15, 0.2) is 24.3 Å². The van der Waals surface area contributed by atoms with Crippen molar-refractivity contribution in [1.82, 2.24) is 0 Å². The van der Waals surface area contributed by atoms with Crippen molar-refractivity contribution in [3.63, 3.8) is 0 Å². The molecular formula is C7H10N2O. The van der Waals surface area contributed by atoms with E-state index >= 15 is 0 Å². The van der Waals surface area contributed by atoms with Crippen LogP contribution in [0.1, 0.15) is 0 Å². The maximum Gasteiger partial charge on any atom is 0.106 e. The minimum Gasteiger partial charge on any atom is -0.397 e. The van der Waals surface area contributed by atoms with Crippen LogP contribution in [0.5, 0.6) is 0 Å². The second kappa shape index (κ2) is 4.38. The van der Waals surface area contributed by atoms with Crippen molar-refractivity contribution in [1.29, 1.82) is 0 Å². The molecule has 0 saturated carbocycles. The van der Waals surface area contributed by atoms with Gasteiger partial charge in [0.1, 0.15) is 6.79 Å². The number of carbonyl (C=O) groups is 1. The van der Waals surface area contributed by atoms with Crippen LogP contribution in [0.3, 0.4) is 0 Å². The van der Waals surface area contributed by atoms with Crippen LogP contribution in [0, 0.1) is 0 Å². The first-order chi connectivity index (χ1) is 4.80. The van der Waals surface area contributed by atoms with Crippen molar-refractivity contribution in [3.05, 3.63) is 24.3 Å². The highest BCUT2D eigenvalue weighted by Gasteiger charge is 1.85. The zero-order valence-corrected chi connectivity index (χ0v) is 5.58. The molecule has 0 bridgehead atoms. The molecule has 54 valence electrons. The number of carbonyl (C=O) groups excluding carboxylic acids is 1. The van der Waals surface area contributed by atoms with E-state index in [1.807, 2.05) is 18.9 Å². The lowest BCUT2D eigenvalue weighted by atomic mass is 10.3. The van der Waals surface area contributed by atoms with Crippen molar-refractivity contribution in [2.24, 2.45) is 0 Å². The fraction of sp³-hybridized carbons (Fsp3) is 0. The Morgan fingerprint density at radius 1 is 1.00 bits per heavy atom. The molecule has 0 radical (unpaired) electrons. The highest BCUT2D eigenvalue weighted by Crippen LogP contribution is 2.10. The normalized spacial score (nSPS) is 7.60. The fourth-order valence-corrected chi connectivity index (χ4v) is 0.511. The average Bonchev–Trinajstić information content (AvgIpc) is 2.00. The smallest absolute Gasteiger partial charge is 0.106 e. The molecule has 0 heterocycles. The lowest BCUT2D eigenvalue weighted by molar-refractivity contribution is -0.0979. The molecule has 1 aromatic carbocycles. The predicted molar refractivity (Wildman–Crippen MR) is 42.4 cm³/mol. The first-order valence-corrected chi connectivity index (χ1v) is 2.69. The number of hydrogen-bond donors (Lipinski definition) is 2. The summed E-state index contributed by atoms with van der Waals surface area (Å²) in [4.78, 5) is 8.00. The van der Waals surface area contributed by atoms with Crippen molar-refractivity contribution >= 4 is 18.2 Å². The molecule has 0 spiro atoms. The molecule has 10 heavy (non-hydrogen) atoms. The van der Waals surface area contributed by atoms with E-state index in [2.05, 4.69) is 0 Å². The Hall–Kier alpha value is -1.51. The summed E-state index contributed by atoms with van der Waals surface area (Å²) in [5, 5.41) is 0. The summed E-state index contributed by atoms with van der Waals surface area (Å²) in [6, 6.07) is 7.25. The molecule has 0 aromatic heterocycles. The van der Waals surface area contributed by atoms with Gasteiger partial charge in [0.05, 0.1) is 11.4 Å². The molecular weight excluding hydrogens is 128 g/mol. The molecule has 3 heteroatoms. The fourth-order valence-electron chi connectivity index (χ4n) is 0.511. The van der Waals surface area contributed by atoms with Crippen molar-refractivity contribution < 1.29 is 4.79 Å². The average molecular weight is 138 g/mol. The Bertz CT molecular complexity index is 180. The van der Waals surface area contributed by atoms with E-state index in [-0.39, 0.29) is 0 Å². The summed E-state index contributed by atoms with van der Waals surface area (Å²) in [5.41, 5.74) is 12.1. The van der Waals surface area contributed by atoms with Crippen molar-refractivity contribution in [2.45, 2.75) is 0 Å². The highest BCUT2D eigenvalue weighted by molar-refractivity contribution is 5.62. The standard InChI is InChI=1S/C6H8N2.CH2O/c7-5-3-1-2-4-6(5)8;1-2/h1-4H,7-8H2;1H2. The number of nitrogens with two attached hydrogens (primary N) is 2. The van der Waals surface area contributed by atoms with Crippen molar-refractivity contribution in [2.75, 3.05) is 11.5 Å². The summed E-state index contributed by atoms with van der Waals surface area (Å²) in [5.74, 6) is 0. The van der Waals surface area contributed by atoms with Gasteiger partial charge in [-0.1, -0.05) is 12.1 Å². The molecule has 0 fully saturated rings. The molecule has 3 nitrogen and oxygen atoms in total. The minimum atomic E-state index is 0.646. The molecule has 0 unspecified atom stereocenters. The number of rotatable bonds is 0. The van der Waals surface area contributed by atoms with Crippen LogP contribution in [-0.2, 0) is 4.79 Å². The van der Waals surface area contributed by atoms with Crippen molar-refractivity contribution in [3.8, 4) is 0 Å². The zero-order chi connectivity index (χ0) is 7.98. The quantitative estimate of drug-likeness (QED) is 0.517. The van der Waals surface area contributed by atoms with Gasteiger partial charge in [0, 0.05) is 0 Å².